The number of carbonyl (C=O) groups excluding carboxylic acids is 2. The summed E-state index contributed by atoms with van der Waals surface area (Å²) < 4.78 is 8.36. The first-order valence-electron chi connectivity index (χ1n) is 9.58. The molecule has 0 fully saturated rings. The van der Waals surface area contributed by atoms with Crippen LogP contribution in [0.1, 0.15) is 21.5 Å². The summed E-state index contributed by atoms with van der Waals surface area (Å²) in [7, 11) is 1.34. The van der Waals surface area contributed by atoms with Crippen LogP contribution in [0.4, 0.5) is 5.82 Å². The topological polar surface area (TPSA) is 78.2 Å². The molecule has 2 aromatic carbocycles. The van der Waals surface area contributed by atoms with Gasteiger partial charge < -0.3 is 14.6 Å². The summed E-state index contributed by atoms with van der Waals surface area (Å²) >= 11 is 0. The quantitative estimate of drug-likeness (QED) is 0.500. The van der Waals surface area contributed by atoms with Gasteiger partial charge in [-0.05, 0) is 18.6 Å². The molecule has 2 heterocycles. The maximum Gasteiger partial charge on any atom is 0.340 e. The van der Waals surface area contributed by atoms with Crippen molar-refractivity contribution >= 4 is 28.6 Å². The number of hydrogen-bond donors (Lipinski definition) is 1. The summed E-state index contributed by atoms with van der Waals surface area (Å²) in [6, 6.07) is 17.4. The van der Waals surface area contributed by atoms with Crippen molar-refractivity contribution < 1.29 is 14.3 Å². The second-order valence-corrected chi connectivity index (χ2v) is 7.09. The Morgan fingerprint density at radius 2 is 1.93 bits per heavy atom. The molecule has 0 bridgehead atoms. The molecular weight excluding hydrogens is 380 g/mol. The number of esters is 1. The summed E-state index contributed by atoms with van der Waals surface area (Å²) in [6.45, 7) is 2.66. The van der Waals surface area contributed by atoms with Crippen LogP contribution in [0, 0.1) is 6.92 Å². The molecule has 0 unspecified atom stereocenters. The number of nitrogens with one attached hydrogen (secondary N) is 1. The number of fused-ring (bicyclic) bond motifs is 1. The molecule has 0 saturated carbocycles. The lowest BCUT2D eigenvalue weighted by molar-refractivity contribution is -0.116. The number of ether oxygens (including phenoxy) is 1. The lowest BCUT2D eigenvalue weighted by Gasteiger charge is -2.10. The van der Waals surface area contributed by atoms with Crippen molar-refractivity contribution in [3.8, 4) is 0 Å². The molecule has 0 aliphatic carbocycles. The highest BCUT2D eigenvalue weighted by atomic mass is 16.5. The van der Waals surface area contributed by atoms with Crippen LogP contribution in [0.3, 0.4) is 0 Å². The Kier molecular flexibility index (Phi) is 5.34. The highest BCUT2D eigenvalue weighted by Crippen LogP contribution is 2.22. The van der Waals surface area contributed by atoms with Crippen molar-refractivity contribution in [2.24, 2.45) is 0 Å². The van der Waals surface area contributed by atoms with E-state index in [1.807, 2.05) is 49.4 Å². The number of benzene rings is 2. The van der Waals surface area contributed by atoms with Crippen molar-refractivity contribution in [2.45, 2.75) is 20.0 Å². The van der Waals surface area contributed by atoms with E-state index in [1.165, 1.54) is 12.7 Å². The number of hydrogen-bond acceptors (Lipinski definition) is 4. The van der Waals surface area contributed by atoms with Crippen LogP contribution in [-0.2, 0) is 22.6 Å². The molecule has 1 amide bonds. The number of para-hydroxylation sites is 1. The summed E-state index contributed by atoms with van der Waals surface area (Å²) in [5.74, 6) is -0.0223. The minimum atomic E-state index is -0.429. The molecule has 152 valence electrons. The fraction of sp³-hybridized carbons (Fsp3) is 0.174. The van der Waals surface area contributed by atoms with E-state index in [0.717, 1.165) is 16.5 Å². The fourth-order valence-electron chi connectivity index (χ4n) is 3.54. The maximum atomic E-state index is 12.7. The Morgan fingerprint density at radius 3 is 2.73 bits per heavy atom. The zero-order chi connectivity index (χ0) is 21.1. The average molecular weight is 402 g/mol. The normalized spacial score (nSPS) is 10.9. The van der Waals surface area contributed by atoms with Crippen molar-refractivity contribution in [1.29, 1.82) is 0 Å². The van der Waals surface area contributed by atoms with E-state index >= 15 is 0 Å². The molecule has 0 spiro atoms. The van der Waals surface area contributed by atoms with Gasteiger partial charge in [0.2, 0.25) is 5.91 Å². The molecule has 0 aliphatic heterocycles. The van der Waals surface area contributed by atoms with Crippen molar-refractivity contribution in [3.63, 3.8) is 0 Å². The number of nitrogens with zero attached hydrogens (tertiary/aromatic N) is 3. The lowest BCUT2D eigenvalue weighted by Crippen LogP contribution is -2.20. The Bertz CT molecular complexity index is 1220. The number of carbonyl (C=O) groups is 2. The molecule has 0 saturated heterocycles. The van der Waals surface area contributed by atoms with Gasteiger partial charge in [-0.2, -0.15) is 5.10 Å². The fourth-order valence-corrected chi connectivity index (χ4v) is 3.54. The first-order valence-corrected chi connectivity index (χ1v) is 9.58. The number of rotatable bonds is 6. The molecule has 7 nitrogen and oxygen atoms in total. The second kappa shape index (κ2) is 8.24. The van der Waals surface area contributed by atoms with Crippen LogP contribution in [-0.4, -0.2) is 33.3 Å². The van der Waals surface area contributed by atoms with Gasteiger partial charge in [0, 0.05) is 23.2 Å². The zero-order valence-corrected chi connectivity index (χ0v) is 16.8. The number of methoxy groups -OCH3 is 1. The molecule has 7 heteroatoms. The number of aromatic nitrogens is 3. The Labute approximate surface area is 173 Å². The van der Waals surface area contributed by atoms with Gasteiger partial charge in [0.05, 0.1) is 25.4 Å². The monoisotopic (exact) mass is 402 g/mol. The Balaban J connectivity index is 1.53. The van der Waals surface area contributed by atoms with E-state index in [4.69, 9.17) is 4.74 Å². The van der Waals surface area contributed by atoms with Crippen LogP contribution >= 0.6 is 0 Å². The molecule has 2 aromatic heterocycles. The third-order valence-electron chi connectivity index (χ3n) is 4.91. The predicted molar refractivity (Wildman–Crippen MR) is 114 cm³/mol. The first-order chi connectivity index (χ1) is 14.5. The Morgan fingerprint density at radius 1 is 1.10 bits per heavy atom. The van der Waals surface area contributed by atoms with Gasteiger partial charge in [-0.1, -0.05) is 48.0 Å². The summed E-state index contributed by atoms with van der Waals surface area (Å²) in [5, 5.41) is 7.99. The average Bonchev–Trinajstić information content (AvgIpc) is 3.32. The van der Waals surface area contributed by atoms with Gasteiger partial charge in [0.25, 0.3) is 0 Å². The summed E-state index contributed by atoms with van der Waals surface area (Å²) in [4.78, 5) is 24.8. The molecular formula is C23H22N4O3. The molecule has 4 rings (SSSR count). The van der Waals surface area contributed by atoms with Gasteiger partial charge in [0.1, 0.15) is 12.4 Å². The second-order valence-electron chi connectivity index (χ2n) is 7.09. The minimum Gasteiger partial charge on any atom is -0.465 e. The van der Waals surface area contributed by atoms with E-state index in [2.05, 4.69) is 16.5 Å². The van der Waals surface area contributed by atoms with Gasteiger partial charge >= 0.3 is 5.97 Å². The molecule has 0 radical (unpaired) electrons. The zero-order valence-electron chi connectivity index (χ0n) is 16.8. The molecule has 1 N–H and O–H groups in total. The molecule has 30 heavy (non-hydrogen) atoms. The summed E-state index contributed by atoms with van der Waals surface area (Å²) in [6.07, 6.45) is 3.31. The highest BCUT2D eigenvalue weighted by Gasteiger charge is 2.17. The van der Waals surface area contributed by atoms with Gasteiger partial charge in [-0.3, -0.25) is 4.79 Å². The number of anilines is 1. The smallest absolute Gasteiger partial charge is 0.340 e. The third kappa shape index (κ3) is 3.96. The van der Waals surface area contributed by atoms with Crippen molar-refractivity contribution in [1.82, 2.24) is 14.3 Å². The third-order valence-corrected chi connectivity index (χ3v) is 4.91. The van der Waals surface area contributed by atoms with Crippen LogP contribution in [0.5, 0.6) is 0 Å². The van der Waals surface area contributed by atoms with Crippen LogP contribution in [0.15, 0.2) is 67.0 Å². The summed E-state index contributed by atoms with van der Waals surface area (Å²) in [5.41, 5.74) is 3.51. The van der Waals surface area contributed by atoms with E-state index in [-0.39, 0.29) is 12.5 Å². The lowest BCUT2D eigenvalue weighted by atomic mass is 10.1. The predicted octanol–water partition coefficient (Wildman–Crippen LogP) is 3.62. The minimum absolute atomic E-state index is 0.0626. The Hall–Kier alpha value is -3.87. The van der Waals surface area contributed by atoms with Gasteiger partial charge in [0.15, 0.2) is 0 Å². The van der Waals surface area contributed by atoms with Gasteiger partial charge in [-0.25, -0.2) is 9.48 Å². The standard InChI is InChI=1S/C23H22N4O3/c1-16-6-5-7-17(12-16)13-27-21(10-11-24-27)25-22(28)15-26-14-19(23(29)30-2)18-8-3-4-9-20(18)26/h3-12,14H,13,15H2,1-2H3,(H,25,28). The molecule has 4 aromatic rings. The van der Waals surface area contributed by atoms with Crippen LogP contribution < -0.4 is 5.32 Å². The number of amides is 1. The SMILES string of the molecule is COC(=O)c1cn(CC(=O)Nc2ccnn2Cc2cccc(C)c2)c2ccccc12. The van der Waals surface area contributed by atoms with E-state index < -0.39 is 5.97 Å². The number of aryl methyl sites for hydroxylation is 1. The highest BCUT2D eigenvalue weighted by molar-refractivity contribution is 6.04. The van der Waals surface area contributed by atoms with Gasteiger partial charge in [-0.15, -0.1) is 0 Å². The van der Waals surface area contributed by atoms with Crippen LogP contribution in [0.2, 0.25) is 0 Å². The first kappa shape index (κ1) is 19.4. The van der Waals surface area contributed by atoms with Crippen LogP contribution in [0.25, 0.3) is 10.9 Å². The van der Waals surface area contributed by atoms with Crippen molar-refractivity contribution in [2.75, 3.05) is 12.4 Å². The van der Waals surface area contributed by atoms with E-state index in [9.17, 15) is 9.59 Å². The largest absolute Gasteiger partial charge is 0.465 e. The van der Waals surface area contributed by atoms with E-state index in [0.29, 0.717) is 17.9 Å². The van der Waals surface area contributed by atoms with Crippen molar-refractivity contribution in [3.05, 3.63) is 83.7 Å². The molecule has 0 aliphatic rings. The molecule has 0 atom stereocenters. The van der Waals surface area contributed by atoms with E-state index in [1.54, 1.807) is 27.7 Å². The maximum absolute atomic E-state index is 12.7.